The smallest absolute Gasteiger partial charge is 0.234 e. The maximum atomic E-state index is 13.5. The lowest BCUT2D eigenvalue weighted by Gasteiger charge is -2.36. The predicted octanol–water partition coefficient (Wildman–Crippen LogP) is 2.11. The van der Waals surface area contributed by atoms with Crippen LogP contribution in [-0.4, -0.2) is 50.1 Å². The highest BCUT2D eigenvalue weighted by Gasteiger charge is 2.25. The zero-order chi connectivity index (χ0) is 19.1. The van der Waals surface area contributed by atoms with Crippen molar-refractivity contribution >= 4 is 5.91 Å². The maximum absolute atomic E-state index is 13.5. The van der Waals surface area contributed by atoms with Gasteiger partial charge in [0.05, 0.1) is 13.1 Å². The van der Waals surface area contributed by atoms with Crippen molar-refractivity contribution in [3.8, 4) is 5.75 Å². The lowest BCUT2D eigenvalue weighted by molar-refractivity contribution is -0.123. The van der Waals surface area contributed by atoms with Gasteiger partial charge in [0, 0.05) is 31.7 Å². The number of rotatable bonds is 7. The molecule has 1 atom stereocenters. The summed E-state index contributed by atoms with van der Waals surface area (Å²) in [6.45, 7) is 2.95. The van der Waals surface area contributed by atoms with E-state index in [1.165, 1.54) is 24.3 Å². The van der Waals surface area contributed by atoms with Gasteiger partial charge in [-0.3, -0.25) is 9.69 Å². The zero-order valence-corrected chi connectivity index (χ0v) is 15.0. The summed E-state index contributed by atoms with van der Waals surface area (Å²) < 4.78 is 32.0. The van der Waals surface area contributed by atoms with E-state index in [1.807, 2.05) is 11.0 Å². The Hall–Kier alpha value is -2.51. The molecular weight excluding hydrogens is 352 g/mol. The molecule has 1 fully saturated rings. The number of nitrogens with one attached hydrogen (secondary N) is 2. The van der Waals surface area contributed by atoms with Gasteiger partial charge in [-0.05, 0) is 29.8 Å². The Morgan fingerprint density at radius 2 is 1.96 bits per heavy atom. The third-order valence-corrected chi connectivity index (χ3v) is 4.42. The van der Waals surface area contributed by atoms with Gasteiger partial charge in [-0.25, -0.2) is 8.78 Å². The summed E-state index contributed by atoms with van der Waals surface area (Å²) in [5.41, 5.74) is 0.851. The summed E-state index contributed by atoms with van der Waals surface area (Å²) >= 11 is 0. The molecule has 3 rings (SSSR count). The van der Waals surface area contributed by atoms with E-state index in [-0.39, 0.29) is 36.7 Å². The average Bonchev–Trinajstić information content (AvgIpc) is 2.66. The molecule has 1 saturated heterocycles. The van der Waals surface area contributed by atoms with Crippen LogP contribution >= 0.6 is 0 Å². The third kappa shape index (κ3) is 5.74. The van der Waals surface area contributed by atoms with Gasteiger partial charge in [0.1, 0.15) is 24.0 Å². The van der Waals surface area contributed by atoms with E-state index in [1.54, 1.807) is 18.2 Å². The molecule has 7 heteroatoms. The van der Waals surface area contributed by atoms with Gasteiger partial charge in [-0.1, -0.05) is 18.2 Å². The van der Waals surface area contributed by atoms with E-state index >= 15 is 0 Å². The second kappa shape index (κ2) is 9.43. The highest BCUT2D eigenvalue weighted by molar-refractivity contribution is 5.78. The number of hydrogen-bond acceptors (Lipinski definition) is 4. The number of hydrogen-bond donors (Lipinski definition) is 2. The second-order valence-corrected chi connectivity index (χ2v) is 6.40. The third-order valence-electron chi connectivity index (χ3n) is 4.42. The molecule has 0 radical (unpaired) electrons. The molecule has 2 N–H and O–H groups in total. The minimum absolute atomic E-state index is 0.0521. The molecule has 0 bridgehead atoms. The molecule has 2 aromatic carbocycles. The molecule has 5 nitrogen and oxygen atoms in total. The highest BCUT2D eigenvalue weighted by Crippen LogP contribution is 2.22. The number of amides is 1. The molecular formula is C20H23F2N3O2. The van der Waals surface area contributed by atoms with E-state index in [4.69, 9.17) is 4.74 Å². The van der Waals surface area contributed by atoms with Gasteiger partial charge >= 0.3 is 0 Å². The van der Waals surface area contributed by atoms with E-state index in [2.05, 4.69) is 10.6 Å². The number of nitrogens with zero attached hydrogens (tertiary/aromatic N) is 1. The first-order chi connectivity index (χ1) is 13.1. The summed E-state index contributed by atoms with van der Waals surface area (Å²) in [4.78, 5) is 14.3. The molecule has 1 unspecified atom stereocenters. The molecule has 1 amide bonds. The van der Waals surface area contributed by atoms with Crippen LogP contribution < -0.4 is 15.4 Å². The lowest BCUT2D eigenvalue weighted by Crippen LogP contribution is -2.49. The fourth-order valence-electron chi connectivity index (χ4n) is 3.13. The summed E-state index contributed by atoms with van der Waals surface area (Å²) in [7, 11) is 0. The van der Waals surface area contributed by atoms with E-state index < -0.39 is 0 Å². The molecule has 144 valence electrons. The Labute approximate surface area is 157 Å². The van der Waals surface area contributed by atoms with E-state index in [0.29, 0.717) is 25.4 Å². The summed E-state index contributed by atoms with van der Waals surface area (Å²) in [6.07, 6.45) is 0. The first kappa shape index (κ1) is 19.3. The number of piperazine rings is 1. The van der Waals surface area contributed by atoms with Crippen molar-refractivity contribution < 1.29 is 18.3 Å². The highest BCUT2D eigenvalue weighted by atomic mass is 19.1. The van der Waals surface area contributed by atoms with Gasteiger partial charge in [0.15, 0.2) is 0 Å². The molecule has 1 aliphatic heterocycles. The first-order valence-electron chi connectivity index (χ1n) is 8.97. The van der Waals surface area contributed by atoms with E-state index in [0.717, 1.165) is 12.1 Å². The van der Waals surface area contributed by atoms with Crippen molar-refractivity contribution in [2.45, 2.75) is 6.04 Å². The predicted molar refractivity (Wildman–Crippen MR) is 98.5 cm³/mol. The Balaban J connectivity index is 1.47. The fourth-order valence-corrected chi connectivity index (χ4v) is 3.13. The van der Waals surface area contributed by atoms with Crippen LogP contribution in [-0.2, 0) is 4.79 Å². The van der Waals surface area contributed by atoms with Crippen molar-refractivity contribution in [3.05, 3.63) is 65.7 Å². The minimum atomic E-state index is -0.362. The van der Waals surface area contributed by atoms with Crippen LogP contribution in [0.25, 0.3) is 0 Å². The second-order valence-electron chi connectivity index (χ2n) is 6.40. The number of ether oxygens (including phenoxy) is 1. The van der Waals surface area contributed by atoms with Gasteiger partial charge in [0.25, 0.3) is 0 Å². The Morgan fingerprint density at radius 3 is 2.74 bits per heavy atom. The lowest BCUT2D eigenvalue weighted by atomic mass is 10.0. The van der Waals surface area contributed by atoms with Gasteiger partial charge < -0.3 is 15.4 Å². The Kier molecular flexibility index (Phi) is 6.73. The molecule has 1 heterocycles. The summed E-state index contributed by atoms with van der Waals surface area (Å²) in [5.74, 6) is -0.339. The van der Waals surface area contributed by atoms with Crippen LogP contribution in [0.2, 0.25) is 0 Å². The van der Waals surface area contributed by atoms with Crippen LogP contribution in [0.3, 0.4) is 0 Å². The largest absolute Gasteiger partial charge is 0.492 e. The van der Waals surface area contributed by atoms with Gasteiger partial charge in [0.2, 0.25) is 5.91 Å². The molecule has 1 aliphatic rings. The Bertz CT molecular complexity index is 772. The van der Waals surface area contributed by atoms with Crippen molar-refractivity contribution in [2.24, 2.45) is 0 Å². The molecule has 27 heavy (non-hydrogen) atoms. The molecule has 0 aliphatic carbocycles. The quantitative estimate of drug-likeness (QED) is 0.728. The van der Waals surface area contributed by atoms with Gasteiger partial charge in [-0.2, -0.15) is 0 Å². The molecule has 0 saturated carbocycles. The average molecular weight is 375 g/mol. The van der Waals surface area contributed by atoms with Crippen LogP contribution in [0.15, 0.2) is 48.5 Å². The number of halogens is 2. The van der Waals surface area contributed by atoms with Crippen LogP contribution in [0.1, 0.15) is 11.6 Å². The van der Waals surface area contributed by atoms with Crippen LogP contribution in [0.5, 0.6) is 5.75 Å². The molecule has 0 spiro atoms. The zero-order valence-electron chi connectivity index (χ0n) is 15.0. The minimum Gasteiger partial charge on any atom is -0.492 e. The molecule has 0 aromatic heterocycles. The SMILES string of the molecule is O=C(CN1CCNCC1c1cccc(F)c1)NCCOc1cccc(F)c1. The van der Waals surface area contributed by atoms with Crippen LogP contribution in [0, 0.1) is 11.6 Å². The normalized spacial score (nSPS) is 17.5. The monoisotopic (exact) mass is 375 g/mol. The van der Waals surface area contributed by atoms with Crippen molar-refractivity contribution in [3.63, 3.8) is 0 Å². The van der Waals surface area contributed by atoms with Crippen molar-refractivity contribution in [2.75, 3.05) is 39.3 Å². The number of carbonyl (C=O) groups excluding carboxylic acids is 1. The first-order valence-corrected chi connectivity index (χ1v) is 8.97. The van der Waals surface area contributed by atoms with Crippen molar-refractivity contribution in [1.29, 1.82) is 0 Å². The van der Waals surface area contributed by atoms with Gasteiger partial charge in [-0.15, -0.1) is 0 Å². The number of benzene rings is 2. The fraction of sp³-hybridized carbons (Fsp3) is 0.350. The molecule has 2 aromatic rings. The standard InChI is InChI=1S/C20H23F2N3O2/c21-16-4-1-3-15(11-16)19-13-23-7-9-25(19)14-20(26)24-8-10-27-18-6-2-5-17(22)12-18/h1-6,11-12,19,23H,7-10,13-14H2,(H,24,26). The summed E-state index contributed by atoms with van der Waals surface area (Å²) in [6, 6.07) is 12.3. The summed E-state index contributed by atoms with van der Waals surface area (Å²) in [5, 5.41) is 6.09. The topological polar surface area (TPSA) is 53.6 Å². The Morgan fingerprint density at radius 1 is 1.19 bits per heavy atom. The number of carbonyl (C=O) groups is 1. The van der Waals surface area contributed by atoms with Crippen LogP contribution in [0.4, 0.5) is 8.78 Å². The maximum Gasteiger partial charge on any atom is 0.234 e. The van der Waals surface area contributed by atoms with Crippen molar-refractivity contribution in [1.82, 2.24) is 15.5 Å². The van der Waals surface area contributed by atoms with E-state index in [9.17, 15) is 13.6 Å².